The topological polar surface area (TPSA) is 136 Å². The Balaban J connectivity index is 0.000000208. The summed E-state index contributed by atoms with van der Waals surface area (Å²) in [6, 6.07) is 29.8. The molecule has 16 heteroatoms. The van der Waals surface area contributed by atoms with Crippen molar-refractivity contribution >= 4 is 79.6 Å². The van der Waals surface area contributed by atoms with Crippen molar-refractivity contribution in [1.82, 2.24) is 10.6 Å². The van der Waals surface area contributed by atoms with Crippen LogP contribution < -0.4 is 10.6 Å². The number of amides is 2. The van der Waals surface area contributed by atoms with E-state index in [1.54, 1.807) is 50.2 Å². The van der Waals surface area contributed by atoms with E-state index in [0.29, 0.717) is 63.8 Å². The number of oxime groups is 2. The summed E-state index contributed by atoms with van der Waals surface area (Å²) in [5.74, 6) is -2.10. The second kappa shape index (κ2) is 21.2. The molecule has 0 radical (unpaired) electrons. The van der Waals surface area contributed by atoms with E-state index in [-0.39, 0.29) is 61.0 Å². The highest BCUT2D eigenvalue weighted by atomic mass is 35.5. The molecule has 0 saturated heterocycles. The quantitative estimate of drug-likeness (QED) is 0.0824. The van der Waals surface area contributed by atoms with Gasteiger partial charge < -0.3 is 20.3 Å². The monoisotopic (exact) mass is 996 g/mol. The average Bonchev–Trinajstić information content (AvgIpc) is 3.93. The number of carbonyl (C=O) groups is 4. The zero-order valence-corrected chi connectivity index (χ0v) is 40.6. The van der Waals surface area contributed by atoms with Crippen LogP contribution >= 0.6 is 23.2 Å². The Kier molecular flexibility index (Phi) is 15.5. The van der Waals surface area contributed by atoms with Gasteiger partial charge in [0.05, 0.1) is 22.0 Å². The molecule has 2 heterocycles. The van der Waals surface area contributed by atoms with E-state index in [1.807, 2.05) is 69.3 Å². The van der Waals surface area contributed by atoms with Crippen molar-refractivity contribution in [3.8, 4) is 0 Å². The van der Waals surface area contributed by atoms with Crippen molar-refractivity contribution < 1.29 is 46.4 Å². The van der Waals surface area contributed by atoms with Crippen LogP contribution in [-0.2, 0) is 36.6 Å². The van der Waals surface area contributed by atoms with Crippen molar-refractivity contribution in [2.75, 3.05) is 13.1 Å². The predicted octanol–water partition coefficient (Wildman–Crippen LogP) is 12.7. The van der Waals surface area contributed by atoms with Gasteiger partial charge in [-0.15, -0.1) is 0 Å². The summed E-state index contributed by atoms with van der Waals surface area (Å²) in [4.78, 5) is 60.9. The summed E-state index contributed by atoms with van der Waals surface area (Å²) in [5, 5.41) is 17.1. The lowest BCUT2D eigenvalue weighted by Gasteiger charge is -2.24. The summed E-state index contributed by atoms with van der Waals surface area (Å²) in [6.45, 7) is 10.3. The highest BCUT2D eigenvalue weighted by Gasteiger charge is 2.42. The molecule has 0 aliphatic carbocycles. The number of nitrogens with zero attached hydrogens (tertiary/aromatic N) is 2. The SMILES string of the molecule is CCNC(=O)CCC(=O)c1ccc(C2=NO[C@](C)(c3cc(C)cc(Cl)c3)C2)c2ccccc12.CCNC(=O)CCC(=O)c1ccc(C2=NO[C@](C)(c3cc(Cl)c(F)c(C(F)(F)F)c3)C2)c2ccccc12. The van der Waals surface area contributed by atoms with E-state index < -0.39 is 33.8 Å². The van der Waals surface area contributed by atoms with Gasteiger partial charge in [0.15, 0.2) is 28.6 Å². The number of aryl methyl sites for hydroxylation is 1. The molecule has 2 atom stereocenters. The molecule has 0 aromatic heterocycles. The van der Waals surface area contributed by atoms with E-state index in [2.05, 4.69) is 27.0 Å². The molecule has 6 aromatic carbocycles. The Morgan fingerprint density at radius 2 is 1.07 bits per heavy atom. The number of rotatable bonds is 14. The van der Waals surface area contributed by atoms with Crippen LogP contribution in [0.1, 0.15) is 120 Å². The van der Waals surface area contributed by atoms with E-state index in [0.717, 1.165) is 39.2 Å². The van der Waals surface area contributed by atoms with Crippen LogP contribution in [0.2, 0.25) is 10.0 Å². The van der Waals surface area contributed by atoms with Crippen LogP contribution in [-0.4, -0.2) is 47.9 Å². The van der Waals surface area contributed by atoms with E-state index >= 15 is 0 Å². The van der Waals surface area contributed by atoms with Gasteiger partial charge in [0.25, 0.3) is 0 Å². The number of Topliss-reactive ketones (excluding diaryl/α,β-unsaturated/α-hetero) is 2. The van der Waals surface area contributed by atoms with Crippen LogP contribution in [0.3, 0.4) is 0 Å². The van der Waals surface area contributed by atoms with Crippen molar-refractivity contribution in [3.05, 3.63) is 163 Å². The lowest BCUT2D eigenvalue weighted by Crippen LogP contribution is -2.24. The number of hydrogen-bond acceptors (Lipinski definition) is 8. The summed E-state index contributed by atoms with van der Waals surface area (Å²) < 4.78 is 54.2. The molecular weight excluding hydrogens is 948 g/mol. The molecule has 0 fully saturated rings. The first-order chi connectivity index (χ1) is 33.2. The number of halogens is 6. The highest BCUT2D eigenvalue weighted by Crippen LogP contribution is 2.43. The summed E-state index contributed by atoms with van der Waals surface area (Å²) in [5.41, 5.74) is 2.59. The maximum atomic E-state index is 14.1. The minimum absolute atomic E-state index is 0.0337. The first-order valence-corrected chi connectivity index (χ1v) is 23.5. The molecule has 2 aliphatic rings. The first-order valence-electron chi connectivity index (χ1n) is 22.7. The van der Waals surface area contributed by atoms with Gasteiger partial charge in [-0.05, 0) is 91.6 Å². The largest absolute Gasteiger partial charge is 0.419 e. The van der Waals surface area contributed by atoms with Gasteiger partial charge >= 0.3 is 6.18 Å². The predicted molar refractivity (Wildman–Crippen MR) is 264 cm³/mol. The second-order valence-corrected chi connectivity index (χ2v) is 18.4. The third-order valence-electron chi connectivity index (χ3n) is 12.3. The zero-order chi connectivity index (χ0) is 50.5. The fourth-order valence-corrected chi connectivity index (χ4v) is 9.21. The fourth-order valence-electron chi connectivity index (χ4n) is 8.70. The number of nitrogens with one attached hydrogen (secondary N) is 2. The summed E-state index contributed by atoms with van der Waals surface area (Å²) in [7, 11) is 0. The first kappa shape index (κ1) is 51.2. The summed E-state index contributed by atoms with van der Waals surface area (Å²) in [6.07, 6.45) is -3.79. The number of ketones is 2. The Morgan fingerprint density at radius 3 is 1.50 bits per heavy atom. The second-order valence-electron chi connectivity index (χ2n) is 17.6. The van der Waals surface area contributed by atoms with Gasteiger partial charge in [0, 0.05) is 84.5 Å². The minimum atomic E-state index is -4.93. The van der Waals surface area contributed by atoms with E-state index in [1.165, 1.54) is 0 Å². The van der Waals surface area contributed by atoms with Crippen molar-refractivity contribution in [2.24, 2.45) is 10.3 Å². The number of fused-ring (bicyclic) bond motifs is 2. The van der Waals surface area contributed by atoms with Crippen LogP contribution in [0.4, 0.5) is 17.6 Å². The maximum absolute atomic E-state index is 14.1. The van der Waals surface area contributed by atoms with E-state index in [9.17, 15) is 36.7 Å². The Labute approximate surface area is 412 Å². The van der Waals surface area contributed by atoms with Crippen LogP contribution in [0.25, 0.3) is 21.5 Å². The fraction of sp³-hybridized carbons (Fsp3) is 0.296. The van der Waals surface area contributed by atoms with Gasteiger partial charge in [-0.2, -0.15) is 13.2 Å². The molecule has 0 spiro atoms. The molecule has 8 rings (SSSR count). The maximum Gasteiger partial charge on any atom is 0.419 e. The van der Waals surface area contributed by atoms with Crippen LogP contribution in [0, 0.1) is 12.7 Å². The third kappa shape index (κ3) is 11.2. The van der Waals surface area contributed by atoms with Gasteiger partial charge in [-0.1, -0.05) is 112 Å². The Morgan fingerprint density at radius 1 is 0.629 bits per heavy atom. The van der Waals surface area contributed by atoms with Crippen LogP contribution in [0.5, 0.6) is 0 Å². The van der Waals surface area contributed by atoms with Crippen molar-refractivity contribution in [2.45, 2.75) is 90.5 Å². The average molecular weight is 998 g/mol. The van der Waals surface area contributed by atoms with Crippen molar-refractivity contribution in [3.63, 3.8) is 0 Å². The number of carbonyl (C=O) groups excluding carboxylic acids is 4. The molecule has 70 heavy (non-hydrogen) atoms. The van der Waals surface area contributed by atoms with Crippen molar-refractivity contribution in [1.29, 1.82) is 0 Å². The standard InChI is InChI=1S/C27H23ClF4N2O3.C27H27ClN2O3/c1-3-33-24(36)11-10-23(35)19-9-8-18(16-6-4-5-7-17(16)19)22-14-26(2,37-34-22)15-12-20(27(30,31)32)25(29)21(28)13-15;1-4-29-26(32)12-11-25(31)23-10-9-22(20-7-5-6-8-21(20)23)24-16-27(3,33-30-24)18-13-17(2)14-19(28)15-18/h4-9,12-13H,3,10-11,14H2,1-2H3,(H,33,36);5-10,13-15H,4,11-12,16H2,1-3H3,(H,29,32)/t26-;27-/m00/s1. The molecule has 2 aliphatic heterocycles. The number of hydrogen-bond donors (Lipinski definition) is 2. The third-order valence-corrected chi connectivity index (χ3v) is 12.8. The molecule has 2 amide bonds. The van der Waals surface area contributed by atoms with Crippen LogP contribution in [0.15, 0.2) is 113 Å². The Hall–Kier alpha value is -6.64. The molecule has 364 valence electrons. The zero-order valence-electron chi connectivity index (χ0n) is 39.1. The molecular formula is C54H50Cl2F4N4O6. The molecule has 10 nitrogen and oxygen atoms in total. The van der Waals surface area contributed by atoms with Gasteiger partial charge in [0.1, 0.15) is 0 Å². The normalized spacial score (nSPS) is 17.5. The lowest BCUT2D eigenvalue weighted by atomic mass is 9.86. The van der Waals surface area contributed by atoms with Gasteiger partial charge in [0.2, 0.25) is 11.8 Å². The number of alkyl halides is 3. The lowest BCUT2D eigenvalue weighted by molar-refractivity contribution is -0.140. The smallest absolute Gasteiger partial charge is 0.384 e. The minimum Gasteiger partial charge on any atom is -0.384 e. The molecule has 6 aromatic rings. The summed E-state index contributed by atoms with van der Waals surface area (Å²) >= 11 is 12.1. The number of benzene rings is 6. The van der Waals surface area contributed by atoms with Gasteiger partial charge in [-0.3, -0.25) is 19.2 Å². The molecule has 0 bridgehead atoms. The molecule has 2 N–H and O–H groups in total. The van der Waals surface area contributed by atoms with Gasteiger partial charge in [-0.25, -0.2) is 4.39 Å². The molecule has 0 unspecified atom stereocenters. The molecule has 0 saturated carbocycles. The highest BCUT2D eigenvalue weighted by molar-refractivity contribution is 6.31. The van der Waals surface area contributed by atoms with E-state index in [4.69, 9.17) is 32.9 Å². The Bertz CT molecular complexity index is 3080.